The van der Waals surface area contributed by atoms with Crippen LogP contribution in [0.4, 0.5) is 0 Å². The Hall–Kier alpha value is -0.840. The maximum absolute atomic E-state index is 9.87. The summed E-state index contributed by atoms with van der Waals surface area (Å²) in [7, 11) is 1.62. The van der Waals surface area contributed by atoms with Crippen molar-refractivity contribution >= 4 is 23.3 Å². The van der Waals surface area contributed by atoms with E-state index in [0.29, 0.717) is 5.11 Å². The zero-order valence-electron chi connectivity index (χ0n) is 4.97. The van der Waals surface area contributed by atoms with Gasteiger partial charge in [-0.1, -0.05) is 0 Å². The van der Waals surface area contributed by atoms with E-state index in [1.54, 1.807) is 7.05 Å². The predicted octanol–water partition coefficient (Wildman–Crippen LogP) is -0.835. The van der Waals surface area contributed by atoms with E-state index in [9.17, 15) is 4.79 Å². The Morgan fingerprint density at radius 1 is 1.78 bits per heavy atom. The molecule has 0 atom stereocenters. The Balaban J connectivity index is 3.28. The van der Waals surface area contributed by atoms with E-state index in [-0.39, 0.29) is 6.54 Å². The van der Waals surface area contributed by atoms with Gasteiger partial charge < -0.3 is 15.7 Å². The van der Waals surface area contributed by atoms with E-state index in [1.165, 1.54) is 0 Å². The van der Waals surface area contributed by atoms with Gasteiger partial charge in [-0.25, -0.2) is 0 Å². The molecule has 5 heteroatoms. The summed E-state index contributed by atoms with van der Waals surface area (Å²) in [6, 6.07) is 0. The Labute approximate surface area is 58.2 Å². The topological polar surface area (TPSA) is 61.4 Å². The first kappa shape index (κ1) is 8.16. The second-order valence-electron chi connectivity index (χ2n) is 1.33. The molecule has 0 unspecified atom stereocenters. The molecule has 0 heterocycles. The summed E-state index contributed by atoms with van der Waals surface area (Å²) in [4.78, 5) is 9.87. The molecule has 0 saturated heterocycles. The van der Waals surface area contributed by atoms with Gasteiger partial charge >= 0.3 is 5.97 Å². The molecule has 0 aliphatic heterocycles. The van der Waals surface area contributed by atoms with E-state index < -0.39 is 5.97 Å². The van der Waals surface area contributed by atoms with Crippen molar-refractivity contribution in [3.05, 3.63) is 0 Å². The largest absolute Gasteiger partial charge is 0.480 e. The van der Waals surface area contributed by atoms with Crippen molar-refractivity contribution in [1.29, 1.82) is 0 Å². The Morgan fingerprint density at radius 3 is 2.67 bits per heavy atom. The maximum Gasteiger partial charge on any atom is 0.322 e. The van der Waals surface area contributed by atoms with Gasteiger partial charge in [0.1, 0.15) is 6.54 Å². The van der Waals surface area contributed by atoms with Crippen LogP contribution < -0.4 is 10.6 Å². The number of hydrogen-bond acceptors (Lipinski definition) is 2. The summed E-state index contributed by atoms with van der Waals surface area (Å²) >= 11 is 4.59. The van der Waals surface area contributed by atoms with E-state index in [0.717, 1.165) is 0 Å². The van der Waals surface area contributed by atoms with Gasteiger partial charge in [-0.15, -0.1) is 0 Å². The van der Waals surface area contributed by atoms with Crippen molar-refractivity contribution in [3.63, 3.8) is 0 Å². The number of nitrogens with one attached hydrogen (secondary N) is 2. The molecule has 0 aromatic heterocycles. The van der Waals surface area contributed by atoms with Crippen molar-refractivity contribution in [2.75, 3.05) is 13.6 Å². The summed E-state index contributed by atoms with van der Waals surface area (Å²) in [5.41, 5.74) is 0. The summed E-state index contributed by atoms with van der Waals surface area (Å²) in [5.74, 6) is -0.924. The molecule has 52 valence electrons. The van der Waals surface area contributed by atoms with E-state index in [2.05, 4.69) is 22.9 Å². The Kier molecular flexibility index (Phi) is 3.70. The molecule has 0 spiro atoms. The van der Waals surface area contributed by atoms with Crippen LogP contribution in [0.25, 0.3) is 0 Å². The SMILES string of the molecule is CNC(=S)NCC(=O)O. The maximum atomic E-state index is 9.87. The summed E-state index contributed by atoms with van der Waals surface area (Å²) in [6.07, 6.45) is 0. The normalized spacial score (nSPS) is 8.11. The first-order valence-corrected chi connectivity index (χ1v) is 2.75. The average molecular weight is 148 g/mol. The van der Waals surface area contributed by atoms with Crippen LogP contribution in [-0.2, 0) is 4.79 Å². The Bertz CT molecular complexity index is 126. The first-order chi connectivity index (χ1) is 4.16. The molecule has 0 aromatic carbocycles. The number of aliphatic carboxylic acids is 1. The lowest BCUT2D eigenvalue weighted by Gasteiger charge is -2.01. The number of carboxylic acid groups (broad SMARTS) is 1. The molecule has 0 saturated carbocycles. The van der Waals surface area contributed by atoms with Crippen molar-refractivity contribution in [3.8, 4) is 0 Å². The predicted molar refractivity (Wildman–Crippen MR) is 37.3 cm³/mol. The minimum Gasteiger partial charge on any atom is -0.480 e. The molecular weight excluding hydrogens is 140 g/mol. The molecule has 0 rings (SSSR count). The third-order valence-electron chi connectivity index (χ3n) is 0.627. The van der Waals surface area contributed by atoms with Crippen molar-refractivity contribution in [2.45, 2.75) is 0 Å². The molecule has 4 nitrogen and oxygen atoms in total. The summed E-state index contributed by atoms with van der Waals surface area (Å²) in [5, 5.41) is 13.5. The molecule has 0 fully saturated rings. The van der Waals surface area contributed by atoms with Crippen LogP contribution in [0.2, 0.25) is 0 Å². The number of thiocarbonyl (C=S) groups is 1. The van der Waals surface area contributed by atoms with Gasteiger partial charge in [0, 0.05) is 7.05 Å². The highest BCUT2D eigenvalue weighted by Gasteiger charge is 1.94. The molecule has 0 radical (unpaired) electrons. The van der Waals surface area contributed by atoms with E-state index in [1.807, 2.05) is 0 Å². The molecule has 0 bridgehead atoms. The highest BCUT2D eigenvalue weighted by Crippen LogP contribution is 1.62. The molecule has 0 aliphatic carbocycles. The van der Waals surface area contributed by atoms with Crippen molar-refractivity contribution in [2.24, 2.45) is 0 Å². The van der Waals surface area contributed by atoms with Crippen LogP contribution in [0.15, 0.2) is 0 Å². The zero-order chi connectivity index (χ0) is 7.28. The lowest BCUT2D eigenvalue weighted by atomic mass is 10.7. The van der Waals surface area contributed by atoms with Gasteiger partial charge in [-0.3, -0.25) is 4.79 Å². The highest BCUT2D eigenvalue weighted by molar-refractivity contribution is 7.80. The third kappa shape index (κ3) is 5.02. The molecule has 3 N–H and O–H groups in total. The monoisotopic (exact) mass is 148 g/mol. The fourth-order valence-electron chi connectivity index (χ4n) is 0.244. The van der Waals surface area contributed by atoms with E-state index in [4.69, 9.17) is 5.11 Å². The minimum atomic E-state index is -0.924. The number of hydrogen-bond donors (Lipinski definition) is 3. The fourth-order valence-corrected chi connectivity index (χ4v) is 0.316. The van der Waals surface area contributed by atoms with Gasteiger partial charge in [-0.2, -0.15) is 0 Å². The quantitative estimate of drug-likeness (QED) is 0.446. The minimum absolute atomic E-state index is 0.139. The fraction of sp³-hybridized carbons (Fsp3) is 0.500. The van der Waals surface area contributed by atoms with Crippen LogP contribution >= 0.6 is 12.2 Å². The smallest absolute Gasteiger partial charge is 0.322 e. The molecule has 9 heavy (non-hydrogen) atoms. The second-order valence-corrected chi connectivity index (χ2v) is 1.73. The average Bonchev–Trinajstić information content (AvgIpc) is 1.83. The highest BCUT2D eigenvalue weighted by atomic mass is 32.1. The third-order valence-corrected chi connectivity index (χ3v) is 0.976. The lowest BCUT2D eigenvalue weighted by molar-refractivity contribution is -0.135. The summed E-state index contributed by atoms with van der Waals surface area (Å²) < 4.78 is 0. The van der Waals surface area contributed by atoms with Crippen LogP contribution in [0, 0.1) is 0 Å². The van der Waals surface area contributed by atoms with Gasteiger partial charge in [0.05, 0.1) is 0 Å². The van der Waals surface area contributed by atoms with Crippen molar-refractivity contribution < 1.29 is 9.90 Å². The standard InChI is InChI=1S/C4H8N2O2S/c1-5-4(9)6-2-3(7)8/h2H2,1H3,(H,7,8)(H2,5,6,9). The first-order valence-electron chi connectivity index (χ1n) is 2.34. The molecular formula is C4H8N2O2S. The van der Waals surface area contributed by atoms with Crippen LogP contribution in [0.5, 0.6) is 0 Å². The van der Waals surface area contributed by atoms with Gasteiger partial charge in [-0.05, 0) is 12.2 Å². The zero-order valence-corrected chi connectivity index (χ0v) is 5.79. The number of carbonyl (C=O) groups is 1. The van der Waals surface area contributed by atoms with Crippen molar-refractivity contribution in [1.82, 2.24) is 10.6 Å². The van der Waals surface area contributed by atoms with Gasteiger partial charge in [0.15, 0.2) is 5.11 Å². The lowest BCUT2D eigenvalue weighted by Crippen LogP contribution is -2.35. The Morgan fingerprint density at radius 2 is 2.33 bits per heavy atom. The van der Waals surface area contributed by atoms with Crippen LogP contribution in [-0.4, -0.2) is 29.8 Å². The molecule has 0 amide bonds. The second kappa shape index (κ2) is 4.08. The molecule has 0 aliphatic rings. The summed E-state index contributed by atoms with van der Waals surface area (Å²) in [6.45, 7) is -0.139. The molecule has 0 aromatic rings. The van der Waals surface area contributed by atoms with Crippen LogP contribution in [0.1, 0.15) is 0 Å². The van der Waals surface area contributed by atoms with Gasteiger partial charge in [0.25, 0.3) is 0 Å². The van der Waals surface area contributed by atoms with Crippen LogP contribution in [0.3, 0.4) is 0 Å². The number of carboxylic acids is 1. The van der Waals surface area contributed by atoms with Gasteiger partial charge in [0.2, 0.25) is 0 Å². The number of rotatable bonds is 2. The van der Waals surface area contributed by atoms with E-state index >= 15 is 0 Å².